The summed E-state index contributed by atoms with van der Waals surface area (Å²) in [4.78, 5) is 3.81. The number of aromatic hydroxyl groups is 1. The zero-order valence-electron chi connectivity index (χ0n) is 9.26. The van der Waals surface area contributed by atoms with Crippen LogP contribution in [0, 0.1) is 6.92 Å². The molecule has 1 aromatic carbocycles. The number of hydrogen-bond acceptors (Lipinski definition) is 2. The Bertz CT molecular complexity index is 361. The molecule has 1 aromatic rings. The first kappa shape index (κ1) is 10.8. The molecule has 14 heavy (non-hydrogen) atoms. The summed E-state index contributed by atoms with van der Waals surface area (Å²) in [6.07, 6.45) is 0. The number of aryl methyl sites for hydroxylation is 1. The normalized spacial score (nSPS) is 11.4. The lowest BCUT2D eigenvalue weighted by molar-refractivity contribution is 0.448. The first-order chi connectivity index (χ1) is 6.36. The molecule has 0 atom stereocenters. The summed E-state index contributed by atoms with van der Waals surface area (Å²) in [6.45, 7) is 11.6. The van der Waals surface area contributed by atoms with Gasteiger partial charge in [0.1, 0.15) is 11.4 Å². The summed E-state index contributed by atoms with van der Waals surface area (Å²) >= 11 is 0. The quantitative estimate of drug-likeness (QED) is 0.678. The Morgan fingerprint density at radius 2 is 1.86 bits per heavy atom. The highest BCUT2D eigenvalue weighted by atomic mass is 16.3. The molecule has 0 heterocycles. The topological polar surface area (TPSA) is 32.6 Å². The van der Waals surface area contributed by atoms with Gasteiger partial charge in [0.05, 0.1) is 0 Å². The Morgan fingerprint density at radius 3 is 2.29 bits per heavy atom. The highest BCUT2D eigenvalue weighted by Gasteiger charge is 2.20. The number of phenolic OH excluding ortho intramolecular Hbond substituents is 1. The molecule has 0 aliphatic rings. The van der Waals surface area contributed by atoms with Crippen LogP contribution in [0.3, 0.4) is 0 Å². The van der Waals surface area contributed by atoms with Crippen LogP contribution in [0.4, 0.5) is 5.69 Å². The highest BCUT2D eigenvalue weighted by molar-refractivity contribution is 5.61. The Morgan fingerprint density at radius 1 is 1.29 bits per heavy atom. The van der Waals surface area contributed by atoms with Crippen LogP contribution in [0.5, 0.6) is 5.75 Å². The molecular formula is C12H17NO. The van der Waals surface area contributed by atoms with Crippen molar-refractivity contribution in [3.63, 3.8) is 0 Å². The van der Waals surface area contributed by atoms with Crippen molar-refractivity contribution in [2.45, 2.75) is 33.1 Å². The molecule has 0 saturated heterocycles. The van der Waals surface area contributed by atoms with E-state index in [0.29, 0.717) is 5.69 Å². The Labute approximate surface area is 85.3 Å². The summed E-state index contributed by atoms with van der Waals surface area (Å²) in [7, 11) is 0. The van der Waals surface area contributed by atoms with E-state index in [1.807, 2.05) is 19.1 Å². The lowest BCUT2D eigenvalue weighted by Crippen LogP contribution is -2.11. The zero-order chi connectivity index (χ0) is 10.9. The van der Waals surface area contributed by atoms with E-state index in [-0.39, 0.29) is 11.2 Å². The maximum absolute atomic E-state index is 9.92. The van der Waals surface area contributed by atoms with Gasteiger partial charge in [-0.05, 0) is 30.7 Å². The second kappa shape index (κ2) is 3.45. The fraction of sp³-hybridized carbons (Fsp3) is 0.417. The molecule has 0 aromatic heterocycles. The molecule has 0 amide bonds. The molecule has 0 bridgehead atoms. The summed E-state index contributed by atoms with van der Waals surface area (Å²) < 4.78 is 0. The van der Waals surface area contributed by atoms with Crippen LogP contribution in [-0.2, 0) is 5.41 Å². The van der Waals surface area contributed by atoms with Crippen LogP contribution >= 0.6 is 0 Å². The van der Waals surface area contributed by atoms with Crippen LogP contribution in [0.2, 0.25) is 0 Å². The molecule has 1 rings (SSSR count). The first-order valence-corrected chi connectivity index (χ1v) is 4.67. The maximum Gasteiger partial charge on any atom is 0.144 e. The van der Waals surface area contributed by atoms with E-state index in [1.54, 1.807) is 0 Å². The van der Waals surface area contributed by atoms with Gasteiger partial charge >= 0.3 is 0 Å². The monoisotopic (exact) mass is 191 g/mol. The fourth-order valence-electron chi connectivity index (χ4n) is 1.45. The molecule has 0 fully saturated rings. The van der Waals surface area contributed by atoms with E-state index in [2.05, 4.69) is 32.5 Å². The predicted octanol–water partition coefficient (Wildman–Crippen LogP) is 3.33. The molecule has 0 aliphatic carbocycles. The Hall–Kier alpha value is -1.31. The van der Waals surface area contributed by atoms with Gasteiger partial charge in [0, 0.05) is 5.56 Å². The maximum atomic E-state index is 9.92. The second-order valence-electron chi connectivity index (χ2n) is 4.59. The lowest BCUT2D eigenvalue weighted by Gasteiger charge is -2.21. The highest BCUT2D eigenvalue weighted by Crippen LogP contribution is 2.38. The molecule has 2 nitrogen and oxygen atoms in total. The van der Waals surface area contributed by atoms with E-state index >= 15 is 0 Å². The summed E-state index contributed by atoms with van der Waals surface area (Å²) in [5, 5.41) is 9.92. The van der Waals surface area contributed by atoms with Crippen molar-refractivity contribution < 1.29 is 5.11 Å². The molecule has 2 heteroatoms. The van der Waals surface area contributed by atoms with Crippen molar-refractivity contribution in [1.29, 1.82) is 0 Å². The summed E-state index contributed by atoms with van der Waals surface area (Å²) in [6, 6.07) is 3.82. The largest absolute Gasteiger partial charge is 0.505 e. The second-order valence-corrected chi connectivity index (χ2v) is 4.59. The lowest BCUT2D eigenvalue weighted by atomic mass is 9.85. The predicted molar refractivity (Wildman–Crippen MR) is 60.8 cm³/mol. The van der Waals surface area contributed by atoms with Crippen molar-refractivity contribution in [2.75, 3.05) is 0 Å². The van der Waals surface area contributed by atoms with E-state index in [9.17, 15) is 5.11 Å². The van der Waals surface area contributed by atoms with Gasteiger partial charge in [-0.1, -0.05) is 26.8 Å². The average Bonchev–Trinajstić information content (AvgIpc) is 2.06. The zero-order valence-corrected chi connectivity index (χ0v) is 9.26. The van der Waals surface area contributed by atoms with Crippen molar-refractivity contribution in [1.82, 2.24) is 0 Å². The molecule has 76 valence electrons. The van der Waals surface area contributed by atoms with Crippen LogP contribution in [0.1, 0.15) is 31.9 Å². The van der Waals surface area contributed by atoms with E-state index in [1.165, 1.54) is 0 Å². The number of phenols is 1. The van der Waals surface area contributed by atoms with Gasteiger partial charge in [0.15, 0.2) is 0 Å². The van der Waals surface area contributed by atoms with Crippen molar-refractivity contribution in [3.05, 3.63) is 23.3 Å². The average molecular weight is 191 g/mol. The smallest absolute Gasteiger partial charge is 0.144 e. The SMILES string of the molecule is C=Nc1cc(C)cc(C(C)(C)C)c1O. The first-order valence-electron chi connectivity index (χ1n) is 4.67. The van der Waals surface area contributed by atoms with Crippen LogP contribution < -0.4 is 0 Å². The van der Waals surface area contributed by atoms with E-state index in [4.69, 9.17) is 0 Å². The summed E-state index contributed by atoms with van der Waals surface area (Å²) in [5.74, 6) is 0.248. The molecule has 0 saturated carbocycles. The molecule has 0 unspecified atom stereocenters. The van der Waals surface area contributed by atoms with Gasteiger partial charge in [-0.25, -0.2) is 0 Å². The van der Waals surface area contributed by atoms with E-state index in [0.717, 1.165) is 11.1 Å². The van der Waals surface area contributed by atoms with Crippen molar-refractivity contribution in [2.24, 2.45) is 4.99 Å². The van der Waals surface area contributed by atoms with Gasteiger partial charge < -0.3 is 5.11 Å². The third-order valence-corrected chi connectivity index (χ3v) is 2.21. The van der Waals surface area contributed by atoms with Gasteiger partial charge in [0.2, 0.25) is 0 Å². The molecule has 1 N–H and O–H groups in total. The molecule has 0 aliphatic heterocycles. The minimum Gasteiger partial charge on any atom is -0.505 e. The van der Waals surface area contributed by atoms with Gasteiger partial charge in [-0.3, -0.25) is 4.99 Å². The third-order valence-electron chi connectivity index (χ3n) is 2.21. The molecular weight excluding hydrogens is 174 g/mol. The van der Waals surface area contributed by atoms with Gasteiger partial charge in [-0.15, -0.1) is 0 Å². The Kier molecular flexibility index (Phi) is 2.65. The minimum atomic E-state index is -0.0739. The van der Waals surface area contributed by atoms with Crippen LogP contribution in [0.15, 0.2) is 17.1 Å². The van der Waals surface area contributed by atoms with Crippen LogP contribution in [-0.4, -0.2) is 11.8 Å². The number of rotatable bonds is 1. The van der Waals surface area contributed by atoms with Crippen molar-refractivity contribution >= 4 is 12.4 Å². The summed E-state index contributed by atoms with van der Waals surface area (Å²) in [5.41, 5.74) is 2.50. The number of nitrogens with zero attached hydrogens (tertiary/aromatic N) is 1. The third kappa shape index (κ3) is 1.95. The fourth-order valence-corrected chi connectivity index (χ4v) is 1.45. The van der Waals surface area contributed by atoms with Gasteiger partial charge in [0.25, 0.3) is 0 Å². The van der Waals surface area contributed by atoms with Crippen LogP contribution in [0.25, 0.3) is 0 Å². The molecule has 0 spiro atoms. The minimum absolute atomic E-state index is 0.0739. The number of benzene rings is 1. The standard InChI is InChI=1S/C12H17NO/c1-8-6-9(12(2,3)4)11(14)10(7-8)13-5/h6-7,14H,5H2,1-4H3. The van der Waals surface area contributed by atoms with Crippen molar-refractivity contribution in [3.8, 4) is 5.75 Å². The number of hydrogen-bond donors (Lipinski definition) is 1. The molecule has 0 radical (unpaired) electrons. The Balaban J connectivity index is 3.44. The number of aliphatic imine (C=N–C) groups is 1. The van der Waals surface area contributed by atoms with E-state index < -0.39 is 0 Å². The van der Waals surface area contributed by atoms with Gasteiger partial charge in [-0.2, -0.15) is 0 Å².